The number of carbonyl (C=O) groups excluding carboxylic acids is 2. The van der Waals surface area contributed by atoms with Crippen LogP contribution in [0.3, 0.4) is 0 Å². The highest BCUT2D eigenvalue weighted by Crippen LogP contribution is 2.40. The van der Waals surface area contributed by atoms with Gasteiger partial charge < -0.3 is 23.7 Å². The van der Waals surface area contributed by atoms with Crippen molar-refractivity contribution in [2.75, 3.05) is 13.2 Å². The maximum absolute atomic E-state index is 14.6. The molecule has 6 heteroatoms. The largest absolute Gasteiger partial charge is 0.353 e. The molecule has 0 spiro atoms. The van der Waals surface area contributed by atoms with E-state index in [9.17, 15) is 9.59 Å². The number of hydrogen-bond acceptors (Lipinski definition) is 6. The number of benzene rings is 1. The molecule has 2 aliphatic rings. The van der Waals surface area contributed by atoms with Gasteiger partial charge in [-0.25, -0.2) is 0 Å². The van der Waals surface area contributed by atoms with Crippen LogP contribution < -0.4 is 0 Å². The molecule has 6 nitrogen and oxygen atoms in total. The van der Waals surface area contributed by atoms with Crippen molar-refractivity contribution in [2.24, 2.45) is 17.3 Å². The first kappa shape index (κ1) is 29.9. The van der Waals surface area contributed by atoms with Gasteiger partial charge in [0.2, 0.25) is 0 Å². The summed E-state index contributed by atoms with van der Waals surface area (Å²) < 4.78 is 24.7. The van der Waals surface area contributed by atoms with Crippen LogP contribution in [0.15, 0.2) is 30.3 Å². The fourth-order valence-electron chi connectivity index (χ4n) is 5.67. The van der Waals surface area contributed by atoms with Crippen LogP contribution in [0.4, 0.5) is 0 Å². The molecular formula is C31H48O6. The van der Waals surface area contributed by atoms with Crippen LogP contribution in [0.2, 0.25) is 0 Å². The maximum Gasteiger partial charge on any atom is 0.163 e. The van der Waals surface area contributed by atoms with Gasteiger partial charge in [0.15, 0.2) is 12.1 Å². The molecule has 208 valence electrons. The summed E-state index contributed by atoms with van der Waals surface area (Å²) in [6.07, 6.45) is 5.46. The summed E-state index contributed by atoms with van der Waals surface area (Å²) >= 11 is 0. The molecule has 2 unspecified atom stereocenters. The van der Waals surface area contributed by atoms with E-state index >= 15 is 0 Å². The highest BCUT2D eigenvalue weighted by molar-refractivity contribution is 5.88. The van der Waals surface area contributed by atoms with E-state index in [2.05, 4.69) is 19.1 Å². The van der Waals surface area contributed by atoms with Crippen molar-refractivity contribution < 1.29 is 28.5 Å². The summed E-state index contributed by atoms with van der Waals surface area (Å²) in [6.45, 7) is 12.9. The highest BCUT2D eigenvalue weighted by atomic mass is 16.7. The van der Waals surface area contributed by atoms with E-state index in [-0.39, 0.29) is 41.9 Å². The van der Waals surface area contributed by atoms with Gasteiger partial charge in [0.1, 0.15) is 11.6 Å². The van der Waals surface area contributed by atoms with Crippen LogP contribution in [-0.4, -0.2) is 49.1 Å². The Labute approximate surface area is 223 Å². The summed E-state index contributed by atoms with van der Waals surface area (Å²) in [5.41, 5.74) is 0.383. The molecule has 2 fully saturated rings. The normalized spacial score (nSPS) is 24.7. The van der Waals surface area contributed by atoms with E-state index in [1.54, 1.807) is 6.92 Å². The Kier molecular flexibility index (Phi) is 10.9. The van der Waals surface area contributed by atoms with Crippen LogP contribution in [0.5, 0.6) is 0 Å². The third-order valence-corrected chi connectivity index (χ3v) is 7.92. The van der Waals surface area contributed by atoms with Gasteiger partial charge >= 0.3 is 0 Å². The van der Waals surface area contributed by atoms with Gasteiger partial charge in [-0.2, -0.15) is 0 Å². The number of ketones is 2. The van der Waals surface area contributed by atoms with Crippen molar-refractivity contribution in [1.82, 2.24) is 0 Å². The monoisotopic (exact) mass is 516 g/mol. The SMILES string of the molecule is CC(=O)CCC[C@H](C)[C@@H](OC1CCCCO1)C(Cc1ccccc1)C(=O)C(C)(C)[C@@H]1CCOC(C)(C)O1. The van der Waals surface area contributed by atoms with Crippen molar-refractivity contribution in [3.05, 3.63) is 35.9 Å². The number of carbonyl (C=O) groups is 2. The van der Waals surface area contributed by atoms with Crippen molar-refractivity contribution in [2.45, 2.75) is 117 Å². The fraction of sp³-hybridized carbons (Fsp3) is 0.742. The third-order valence-electron chi connectivity index (χ3n) is 7.92. The highest BCUT2D eigenvalue weighted by Gasteiger charge is 2.48. The van der Waals surface area contributed by atoms with E-state index in [0.29, 0.717) is 32.5 Å². The van der Waals surface area contributed by atoms with Crippen LogP contribution in [0.25, 0.3) is 0 Å². The Bertz CT molecular complexity index is 858. The van der Waals surface area contributed by atoms with Gasteiger partial charge in [-0.3, -0.25) is 4.79 Å². The molecule has 0 aliphatic carbocycles. The first-order chi connectivity index (χ1) is 17.5. The molecule has 3 rings (SSSR count). The summed E-state index contributed by atoms with van der Waals surface area (Å²) in [5.74, 6) is -0.660. The van der Waals surface area contributed by atoms with Crippen molar-refractivity contribution in [3.8, 4) is 0 Å². The Balaban J connectivity index is 1.92. The van der Waals surface area contributed by atoms with E-state index in [1.165, 1.54) is 0 Å². The van der Waals surface area contributed by atoms with E-state index in [0.717, 1.165) is 37.7 Å². The summed E-state index contributed by atoms with van der Waals surface area (Å²) in [4.78, 5) is 26.2. The van der Waals surface area contributed by atoms with Gasteiger partial charge in [0.25, 0.3) is 0 Å². The molecule has 0 N–H and O–H groups in total. The van der Waals surface area contributed by atoms with Crippen LogP contribution in [-0.2, 0) is 35.0 Å². The van der Waals surface area contributed by atoms with Gasteiger partial charge in [-0.1, -0.05) is 51.1 Å². The van der Waals surface area contributed by atoms with Gasteiger partial charge in [-0.15, -0.1) is 0 Å². The zero-order valence-corrected chi connectivity index (χ0v) is 23.8. The van der Waals surface area contributed by atoms with E-state index < -0.39 is 11.2 Å². The van der Waals surface area contributed by atoms with Gasteiger partial charge in [0.05, 0.1) is 24.2 Å². The number of hydrogen-bond donors (Lipinski definition) is 0. The first-order valence-corrected chi connectivity index (χ1v) is 14.2. The minimum atomic E-state index is -0.728. The molecule has 0 bridgehead atoms. The second kappa shape index (κ2) is 13.5. The molecule has 37 heavy (non-hydrogen) atoms. The van der Waals surface area contributed by atoms with E-state index in [1.807, 2.05) is 45.9 Å². The maximum atomic E-state index is 14.6. The molecule has 5 atom stereocenters. The fourth-order valence-corrected chi connectivity index (χ4v) is 5.67. The minimum absolute atomic E-state index is 0.0883. The molecule has 2 aliphatic heterocycles. The van der Waals surface area contributed by atoms with Crippen LogP contribution in [0, 0.1) is 17.3 Å². The smallest absolute Gasteiger partial charge is 0.163 e. The summed E-state index contributed by atoms with van der Waals surface area (Å²) in [6, 6.07) is 10.2. The average molecular weight is 517 g/mol. The average Bonchev–Trinajstić information content (AvgIpc) is 2.86. The molecule has 0 saturated carbocycles. The lowest BCUT2D eigenvalue weighted by Crippen LogP contribution is -2.53. The Morgan fingerprint density at radius 3 is 2.46 bits per heavy atom. The Hall–Kier alpha value is -1.60. The standard InChI is InChI=1S/C31H48O6/c1-22(13-12-14-23(2)32)28(36-27-17-10-11-19-34-27)25(21-24-15-8-7-9-16-24)29(33)30(3,4)26-18-20-35-31(5,6)37-26/h7-9,15-16,22,25-28H,10-14,17-21H2,1-6H3/t22-,25?,26-,27?,28+/m0/s1. The minimum Gasteiger partial charge on any atom is -0.353 e. The van der Waals surface area contributed by atoms with Crippen molar-refractivity contribution >= 4 is 11.6 Å². The van der Waals surface area contributed by atoms with Gasteiger partial charge in [0, 0.05) is 18.9 Å². The molecule has 0 radical (unpaired) electrons. The number of rotatable bonds is 13. The Morgan fingerprint density at radius 2 is 1.84 bits per heavy atom. The topological polar surface area (TPSA) is 71.1 Å². The molecule has 1 aromatic carbocycles. The van der Waals surface area contributed by atoms with Crippen LogP contribution >= 0.6 is 0 Å². The zero-order valence-electron chi connectivity index (χ0n) is 23.8. The molecule has 1 aromatic rings. The molecule has 0 aromatic heterocycles. The lowest BCUT2D eigenvalue weighted by Gasteiger charge is -2.45. The first-order valence-electron chi connectivity index (χ1n) is 14.2. The van der Waals surface area contributed by atoms with Crippen molar-refractivity contribution in [1.29, 1.82) is 0 Å². The third kappa shape index (κ3) is 8.71. The predicted molar refractivity (Wildman–Crippen MR) is 144 cm³/mol. The quantitative estimate of drug-likeness (QED) is 0.307. The Morgan fingerprint density at radius 1 is 1.11 bits per heavy atom. The van der Waals surface area contributed by atoms with Crippen molar-refractivity contribution in [3.63, 3.8) is 0 Å². The molecule has 2 heterocycles. The molecule has 0 amide bonds. The molecular weight excluding hydrogens is 468 g/mol. The second-order valence-corrected chi connectivity index (χ2v) is 12.0. The predicted octanol–water partition coefficient (Wildman–Crippen LogP) is 6.29. The van der Waals surface area contributed by atoms with Crippen LogP contribution in [0.1, 0.15) is 92.1 Å². The summed E-state index contributed by atoms with van der Waals surface area (Å²) in [5, 5.41) is 0. The van der Waals surface area contributed by atoms with E-state index in [4.69, 9.17) is 18.9 Å². The summed E-state index contributed by atoms with van der Waals surface area (Å²) in [7, 11) is 0. The van der Waals surface area contributed by atoms with Gasteiger partial charge in [-0.05, 0) is 77.2 Å². The lowest BCUT2D eigenvalue weighted by atomic mass is 9.70. The molecule has 2 saturated heterocycles. The lowest BCUT2D eigenvalue weighted by molar-refractivity contribution is -0.289. The zero-order chi connectivity index (χ0) is 27.1. The number of Topliss-reactive ketones (excluding diaryl/α,β-unsaturated/α-hetero) is 2. The number of ether oxygens (including phenoxy) is 4. The second-order valence-electron chi connectivity index (χ2n) is 12.0.